The number of amides is 1. The number of carbonyl (C=O) groups excluding carboxylic acids is 1. The molecular weight excluding hydrogens is 302 g/mol. The highest BCUT2D eigenvalue weighted by atomic mass is 16.4. The Labute approximate surface area is 141 Å². The first-order valence-corrected chi connectivity index (χ1v) is 8.25. The summed E-state index contributed by atoms with van der Waals surface area (Å²) in [7, 11) is 0. The van der Waals surface area contributed by atoms with Crippen molar-refractivity contribution in [1.29, 1.82) is 0 Å². The van der Waals surface area contributed by atoms with Gasteiger partial charge in [-0.3, -0.25) is 4.79 Å². The molecule has 1 aliphatic carbocycles. The fraction of sp³-hybridized carbons (Fsp3) is 0.300. The van der Waals surface area contributed by atoms with Crippen LogP contribution < -0.4 is 5.32 Å². The van der Waals surface area contributed by atoms with Gasteiger partial charge in [0.15, 0.2) is 0 Å². The first-order chi connectivity index (χ1) is 11.5. The lowest BCUT2D eigenvalue weighted by Gasteiger charge is -2.30. The van der Waals surface area contributed by atoms with Gasteiger partial charge < -0.3 is 10.4 Å². The highest BCUT2D eigenvalue weighted by molar-refractivity contribution is 5.87. The number of rotatable bonds is 4. The number of nitrogens with one attached hydrogen (secondary N) is 1. The van der Waals surface area contributed by atoms with Crippen LogP contribution in [0.5, 0.6) is 0 Å². The van der Waals surface area contributed by atoms with Gasteiger partial charge in [0.05, 0.1) is 18.0 Å². The van der Waals surface area contributed by atoms with Gasteiger partial charge in [-0.25, -0.2) is 4.79 Å². The Bertz CT molecular complexity index is 752. The first kappa shape index (κ1) is 16.2. The standard InChI is InChI=1S/C20H21NO3/c1-13-6-11-18(17-5-3-2-4-16(13)17)21-19(22)12-14-7-9-15(10-8-14)20(23)24/h2-5,7-10,13,18H,6,11-12H2,1H3,(H,21,22)(H,23,24). The summed E-state index contributed by atoms with van der Waals surface area (Å²) in [5.74, 6) is -0.468. The molecule has 0 saturated heterocycles. The van der Waals surface area contributed by atoms with Crippen LogP contribution in [0.25, 0.3) is 0 Å². The van der Waals surface area contributed by atoms with E-state index in [9.17, 15) is 9.59 Å². The van der Waals surface area contributed by atoms with Gasteiger partial charge in [0, 0.05) is 0 Å². The summed E-state index contributed by atoms with van der Waals surface area (Å²) in [5, 5.41) is 12.0. The van der Waals surface area contributed by atoms with Crippen LogP contribution >= 0.6 is 0 Å². The van der Waals surface area contributed by atoms with Gasteiger partial charge in [-0.15, -0.1) is 0 Å². The van der Waals surface area contributed by atoms with Crippen LogP contribution in [0.15, 0.2) is 48.5 Å². The van der Waals surface area contributed by atoms with Crippen molar-refractivity contribution < 1.29 is 14.7 Å². The SMILES string of the molecule is CC1CCC(NC(=O)Cc2ccc(C(=O)O)cc2)c2ccccc21. The number of carboxylic acid groups (broad SMARTS) is 1. The summed E-state index contributed by atoms with van der Waals surface area (Å²) in [6, 6.07) is 14.8. The normalized spacial score (nSPS) is 19.4. The fourth-order valence-electron chi connectivity index (χ4n) is 3.35. The molecule has 124 valence electrons. The van der Waals surface area contributed by atoms with E-state index >= 15 is 0 Å². The zero-order valence-electron chi connectivity index (χ0n) is 13.7. The van der Waals surface area contributed by atoms with E-state index in [1.54, 1.807) is 12.1 Å². The molecule has 0 aromatic heterocycles. The van der Waals surface area contributed by atoms with E-state index in [-0.39, 0.29) is 23.9 Å². The van der Waals surface area contributed by atoms with Crippen LogP contribution in [0.3, 0.4) is 0 Å². The van der Waals surface area contributed by atoms with Crippen LogP contribution in [0.1, 0.15) is 58.8 Å². The predicted octanol–water partition coefficient (Wildman–Crippen LogP) is 3.68. The number of carbonyl (C=O) groups is 2. The molecule has 4 heteroatoms. The van der Waals surface area contributed by atoms with E-state index in [1.165, 1.54) is 23.3 Å². The molecule has 2 unspecified atom stereocenters. The van der Waals surface area contributed by atoms with Crippen molar-refractivity contribution in [2.45, 2.75) is 38.1 Å². The van der Waals surface area contributed by atoms with Gasteiger partial charge >= 0.3 is 5.97 Å². The van der Waals surface area contributed by atoms with Crippen LogP contribution in [0, 0.1) is 0 Å². The van der Waals surface area contributed by atoms with Crippen LogP contribution in [-0.4, -0.2) is 17.0 Å². The summed E-state index contributed by atoms with van der Waals surface area (Å²) < 4.78 is 0. The lowest BCUT2D eigenvalue weighted by atomic mass is 9.81. The zero-order chi connectivity index (χ0) is 17.1. The average Bonchev–Trinajstić information content (AvgIpc) is 2.58. The largest absolute Gasteiger partial charge is 0.478 e. The van der Waals surface area contributed by atoms with Crippen molar-refractivity contribution in [3.8, 4) is 0 Å². The minimum atomic E-state index is -0.959. The first-order valence-electron chi connectivity index (χ1n) is 8.25. The summed E-state index contributed by atoms with van der Waals surface area (Å²) in [5.41, 5.74) is 3.58. The lowest BCUT2D eigenvalue weighted by Crippen LogP contribution is -2.32. The molecule has 0 fully saturated rings. The molecule has 0 aliphatic heterocycles. The fourth-order valence-corrected chi connectivity index (χ4v) is 3.35. The highest BCUT2D eigenvalue weighted by Crippen LogP contribution is 2.36. The Morgan fingerprint density at radius 1 is 1.04 bits per heavy atom. The number of carboxylic acids is 1. The topological polar surface area (TPSA) is 66.4 Å². The monoisotopic (exact) mass is 323 g/mol. The molecular formula is C20H21NO3. The van der Waals surface area contributed by atoms with E-state index in [4.69, 9.17) is 5.11 Å². The number of hydrogen-bond acceptors (Lipinski definition) is 2. The predicted molar refractivity (Wildman–Crippen MR) is 92.1 cm³/mol. The Hall–Kier alpha value is -2.62. The molecule has 3 rings (SSSR count). The summed E-state index contributed by atoms with van der Waals surface area (Å²) >= 11 is 0. The van der Waals surface area contributed by atoms with Crippen LogP contribution in [0.2, 0.25) is 0 Å². The van der Waals surface area contributed by atoms with Gasteiger partial charge in [0.1, 0.15) is 0 Å². The summed E-state index contributed by atoms with van der Waals surface area (Å²) in [6.07, 6.45) is 2.27. The molecule has 2 atom stereocenters. The number of fused-ring (bicyclic) bond motifs is 1. The van der Waals surface area contributed by atoms with E-state index < -0.39 is 5.97 Å². The van der Waals surface area contributed by atoms with E-state index in [2.05, 4.69) is 24.4 Å². The van der Waals surface area contributed by atoms with Gasteiger partial charge in [-0.2, -0.15) is 0 Å². The minimum absolute atomic E-state index is 0.0348. The van der Waals surface area contributed by atoms with Crippen molar-refractivity contribution in [1.82, 2.24) is 5.32 Å². The van der Waals surface area contributed by atoms with Crippen molar-refractivity contribution in [2.75, 3.05) is 0 Å². The Morgan fingerprint density at radius 2 is 1.71 bits per heavy atom. The van der Waals surface area contributed by atoms with Gasteiger partial charge in [0.2, 0.25) is 5.91 Å². The third-order valence-corrected chi connectivity index (χ3v) is 4.69. The van der Waals surface area contributed by atoms with E-state index in [0.29, 0.717) is 5.92 Å². The molecule has 0 spiro atoms. The second-order valence-electron chi connectivity index (χ2n) is 6.41. The molecule has 1 aliphatic rings. The van der Waals surface area contributed by atoms with E-state index in [0.717, 1.165) is 18.4 Å². The third-order valence-electron chi connectivity index (χ3n) is 4.69. The smallest absolute Gasteiger partial charge is 0.335 e. The van der Waals surface area contributed by atoms with Gasteiger partial charge in [0.25, 0.3) is 0 Å². The minimum Gasteiger partial charge on any atom is -0.478 e. The Balaban J connectivity index is 1.67. The number of hydrogen-bond donors (Lipinski definition) is 2. The molecule has 2 aromatic rings. The zero-order valence-corrected chi connectivity index (χ0v) is 13.7. The second kappa shape index (κ2) is 6.87. The molecule has 24 heavy (non-hydrogen) atoms. The molecule has 0 saturated carbocycles. The average molecular weight is 323 g/mol. The number of aromatic carboxylic acids is 1. The Kier molecular flexibility index (Phi) is 4.65. The van der Waals surface area contributed by atoms with Crippen molar-refractivity contribution in [3.05, 3.63) is 70.8 Å². The van der Waals surface area contributed by atoms with Crippen LogP contribution in [-0.2, 0) is 11.2 Å². The molecule has 2 aromatic carbocycles. The molecule has 0 bridgehead atoms. The van der Waals surface area contributed by atoms with Gasteiger partial charge in [-0.05, 0) is 47.6 Å². The lowest BCUT2D eigenvalue weighted by molar-refractivity contribution is -0.121. The van der Waals surface area contributed by atoms with Crippen molar-refractivity contribution >= 4 is 11.9 Å². The maximum absolute atomic E-state index is 12.4. The number of benzene rings is 2. The maximum Gasteiger partial charge on any atom is 0.335 e. The second-order valence-corrected chi connectivity index (χ2v) is 6.41. The molecule has 2 N–H and O–H groups in total. The molecule has 4 nitrogen and oxygen atoms in total. The van der Waals surface area contributed by atoms with Crippen molar-refractivity contribution in [2.24, 2.45) is 0 Å². The molecule has 0 heterocycles. The maximum atomic E-state index is 12.4. The summed E-state index contributed by atoms with van der Waals surface area (Å²) in [6.45, 7) is 2.22. The Morgan fingerprint density at radius 3 is 2.38 bits per heavy atom. The highest BCUT2D eigenvalue weighted by Gasteiger charge is 2.25. The molecule has 0 radical (unpaired) electrons. The third kappa shape index (κ3) is 3.48. The van der Waals surface area contributed by atoms with E-state index in [1.807, 2.05) is 12.1 Å². The van der Waals surface area contributed by atoms with Gasteiger partial charge in [-0.1, -0.05) is 43.3 Å². The molecule has 1 amide bonds. The summed E-state index contributed by atoms with van der Waals surface area (Å²) in [4.78, 5) is 23.2. The van der Waals surface area contributed by atoms with Crippen molar-refractivity contribution in [3.63, 3.8) is 0 Å². The quantitative estimate of drug-likeness (QED) is 0.902. The van der Waals surface area contributed by atoms with Crippen LogP contribution in [0.4, 0.5) is 0 Å².